The van der Waals surface area contributed by atoms with Gasteiger partial charge in [-0.15, -0.1) is 0 Å². The largest absolute Gasteiger partial charge is 0.496 e. The Kier molecular flexibility index (Phi) is 4.65. The molecule has 1 N–H and O–H groups in total. The molecule has 1 aromatic heterocycles. The fourth-order valence-electron chi connectivity index (χ4n) is 3.67. The lowest BCUT2D eigenvalue weighted by Crippen LogP contribution is -2.23. The van der Waals surface area contributed by atoms with Gasteiger partial charge < -0.3 is 14.6 Å². The number of aromatic nitrogens is 1. The summed E-state index contributed by atoms with van der Waals surface area (Å²) in [5, 5.41) is 10.1. The zero-order valence-electron chi connectivity index (χ0n) is 15.9. The Morgan fingerprint density at radius 1 is 1.23 bits per heavy atom. The normalized spacial score (nSPS) is 21.5. The van der Waals surface area contributed by atoms with Crippen LogP contribution in [0.3, 0.4) is 0 Å². The molecule has 0 bridgehead atoms. The number of carboxylic acid groups (broad SMARTS) is 1. The summed E-state index contributed by atoms with van der Waals surface area (Å²) < 4.78 is 10.9. The van der Waals surface area contributed by atoms with Crippen molar-refractivity contribution in [3.8, 4) is 11.6 Å². The Labute approximate surface area is 154 Å². The zero-order valence-corrected chi connectivity index (χ0v) is 15.9. The third kappa shape index (κ3) is 2.81. The van der Waals surface area contributed by atoms with E-state index in [0.717, 1.165) is 16.8 Å². The highest BCUT2D eigenvalue weighted by Gasteiger charge is 2.64. The number of aliphatic carboxylic acids is 1. The van der Waals surface area contributed by atoms with Gasteiger partial charge in [0.25, 0.3) is 0 Å². The van der Waals surface area contributed by atoms with Crippen LogP contribution in [0.5, 0.6) is 11.6 Å². The van der Waals surface area contributed by atoms with Crippen LogP contribution in [0.15, 0.2) is 30.3 Å². The molecule has 1 saturated carbocycles. The van der Waals surface area contributed by atoms with Gasteiger partial charge in [0.1, 0.15) is 11.2 Å². The minimum absolute atomic E-state index is 0.195. The van der Waals surface area contributed by atoms with Gasteiger partial charge >= 0.3 is 5.97 Å². The molecular formula is C21H25NO4. The summed E-state index contributed by atoms with van der Waals surface area (Å²) in [5.74, 6) is 0.348. The van der Waals surface area contributed by atoms with Gasteiger partial charge in [-0.3, -0.25) is 4.79 Å². The Balaban J connectivity index is 2.09. The maximum Gasteiger partial charge on any atom is 0.314 e. The number of hydrogen-bond acceptors (Lipinski definition) is 4. The van der Waals surface area contributed by atoms with Crippen molar-refractivity contribution in [1.82, 2.24) is 4.98 Å². The van der Waals surface area contributed by atoms with Crippen LogP contribution in [-0.4, -0.2) is 30.3 Å². The van der Waals surface area contributed by atoms with E-state index in [2.05, 4.69) is 18.8 Å². The molecule has 5 nitrogen and oxygen atoms in total. The molecular weight excluding hydrogens is 330 g/mol. The van der Waals surface area contributed by atoms with Gasteiger partial charge in [-0.25, -0.2) is 4.98 Å². The Morgan fingerprint density at radius 3 is 2.54 bits per heavy atom. The highest BCUT2D eigenvalue weighted by atomic mass is 16.5. The van der Waals surface area contributed by atoms with Crippen LogP contribution in [-0.2, 0) is 10.2 Å². The summed E-state index contributed by atoms with van der Waals surface area (Å²) in [6.07, 6.45) is 0.501. The molecule has 0 amide bonds. The Morgan fingerprint density at radius 2 is 1.96 bits per heavy atom. The molecule has 0 spiro atoms. The summed E-state index contributed by atoms with van der Waals surface area (Å²) >= 11 is 0. The molecule has 1 heterocycles. The molecule has 0 radical (unpaired) electrons. The van der Waals surface area contributed by atoms with Crippen molar-refractivity contribution in [3.05, 3.63) is 52.7 Å². The van der Waals surface area contributed by atoms with E-state index in [4.69, 9.17) is 9.47 Å². The van der Waals surface area contributed by atoms with E-state index >= 15 is 0 Å². The van der Waals surface area contributed by atoms with Gasteiger partial charge in [-0.1, -0.05) is 37.6 Å². The molecule has 1 aliphatic carbocycles. The second-order valence-corrected chi connectivity index (χ2v) is 7.23. The maximum absolute atomic E-state index is 12.3. The monoisotopic (exact) mass is 355 g/mol. The lowest BCUT2D eigenvalue weighted by Gasteiger charge is -2.19. The lowest BCUT2D eigenvalue weighted by molar-refractivity contribution is -0.140. The van der Waals surface area contributed by atoms with Crippen molar-refractivity contribution >= 4 is 5.97 Å². The Hall–Kier alpha value is -2.56. The minimum atomic E-state index is -1.01. The van der Waals surface area contributed by atoms with Crippen molar-refractivity contribution in [2.45, 2.75) is 44.4 Å². The Bertz CT molecular complexity index is 846. The summed E-state index contributed by atoms with van der Waals surface area (Å²) in [7, 11) is 3.15. The number of carbonyl (C=O) groups is 1. The summed E-state index contributed by atoms with van der Waals surface area (Å²) in [4.78, 5) is 16.9. The van der Waals surface area contributed by atoms with Gasteiger partial charge in [-0.05, 0) is 31.4 Å². The molecule has 1 aromatic carbocycles. The first-order valence-electron chi connectivity index (χ1n) is 8.78. The first-order chi connectivity index (χ1) is 12.3. The van der Waals surface area contributed by atoms with E-state index in [0.29, 0.717) is 23.6 Å². The minimum Gasteiger partial charge on any atom is -0.496 e. The van der Waals surface area contributed by atoms with Gasteiger partial charge in [0, 0.05) is 22.7 Å². The average Bonchev–Trinajstić information content (AvgIpc) is 3.37. The van der Waals surface area contributed by atoms with E-state index in [1.165, 1.54) is 0 Å². The predicted molar refractivity (Wildman–Crippen MR) is 99.3 cm³/mol. The lowest BCUT2D eigenvalue weighted by atomic mass is 9.89. The summed E-state index contributed by atoms with van der Waals surface area (Å²) in [6.45, 7) is 6.09. The highest BCUT2D eigenvalue weighted by Crippen LogP contribution is 2.63. The second-order valence-electron chi connectivity index (χ2n) is 7.23. The van der Waals surface area contributed by atoms with Crippen molar-refractivity contribution < 1.29 is 19.4 Å². The van der Waals surface area contributed by atoms with Gasteiger partial charge in [-0.2, -0.15) is 0 Å². The van der Waals surface area contributed by atoms with E-state index in [9.17, 15) is 9.90 Å². The van der Waals surface area contributed by atoms with Crippen molar-refractivity contribution in [2.75, 3.05) is 14.2 Å². The average molecular weight is 355 g/mol. The van der Waals surface area contributed by atoms with Crippen LogP contribution in [0.1, 0.15) is 54.5 Å². The first kappa shape index (κ1) is 18.2. The van der Waals surface area contributed by atoms with Crippen molar-refractivity contribution in [2.24, 2.45) is 0 Å². The smallest absolute Gasteiger partial charge is 0.314 e. The molecule has 0 aliphatic heterocycles. The number of hydrogen-bond donors (Lipinski definition) is 1. The van der Waals surface area contributed by atoms with Gasteiger partial charge in [0.05, 0.1) is 14.2 Å². The molecule has 5 heteroatoms. The molecule has 1 fully saturated rings. The van der Waals surface area contributed by atoms with Crippen molar-refractivity contribution in [3.63, 3.8) is 0 Å². The van der Waals surface area contributed by atoms with Crippen LogP contribution >= 0.6 is 0 Å². The molecule has 0 saturated heterocycles. The zero-order chi connectivity index (χ0) is 19.1. The molecule has 0 unspecified atom stereocenters. The third-order valence-corrected chi connectivity index (χ3v) is 5.25. The SMILES string of the molecule is COc1ccc(C)cc1[C@@]1(C(=O)O)C[C@H]1c1ccc(C(C)C)nc1OC. The standard InChI is InChI=1S/C21H25NO4/c1-12(2)17-8-7-14(19(22-17)26-5)16-11-21(16,20(23)24)15-10-13(3)6-9-18(15)25-4/h6-10,12,16H,11H2,1-5H3,(H,23,24)/t16-,21-/m0/s1. The summed E-state index contributed by atoms with van der Waals surface area (Å²) in [6, 6.07) is 9.59. The number of ether oxygens (including phenoxy) is 2. The van der Waals surface area contributed by atoms with Gasteiger partial charge in [0.15, 0.2) is 0 Å². The highest BCUT2D eigenvalue weighted by molar-refractivity contribution is 5.89. The molecule has 2 atom stereocenters. The van der Waals surface area contributed by atoms with Crippen LogP contribution in [0.25, 0.3) is 0 Å². The number of methoxy groups -OCH3 is 2. The van der Waals surface area contributed by atoms with E-state index < -0.39 is 11.4 Å². The molecule has 2 aromatic rings. The number of aryl methyl sites for hydroxylation is 1. The van der Waals surface area contributed by atoms with Crippen LogP contribution in [0.4, 0.5) is 0 Å². The fraction of sp³-hybridized carbons (Fsp3) is 0.429. The number of benzene rings is 1. The summed E-state index contributed by atoms with van der Waals surface area (Å²) in [5.41, 5.74) is 2.48. The number of pyridine rings is 1. The fourth-order valence-corrected chi connectivity index (χ4v) is 3.67. The number of rotatable bonds is 6. The number of nitrogens with zero attached hydrogens (tertiary/aromatic N) is 1. The number of carboxylic acids is 1. The predicted octanol–water partition coefficient (Wildman–Crippen LogP) is 4.04. The second kappa shape index (κ2) is 6.63. The first-order valence-corrected chi connectivity index (χ1v) is 8.78. The van der Waals surface area contributed by atoms with E-state index in [1.807, 2.05) is 37.3 Å². The van der Waals surface area contributed by atoms with Crippen LogP contribution in [0, 0.1) is 6.92 Å². The quantitative estimate of drug-likeness (QED) is 0.847. The molecule has 138 valence electrons. The van der Waals surface area contributed by atoms with E-state index in [-0.39, 0.29) is 11.8 Å². The van der Waals surface area contributed by atoms with E-state index in [1.54, 1.807) is 14.2 Å². The van der Waals surface area contributed by atoms with Crippen LogP contribution in [0.2, 0.25) is 0 Å². The molecule has 1 aliphatic rings. The topological polar surface area (TPSA) is 68.7 Å². The van der Waals surface area contributed by atoms with Crippen LogP contribution < -0.4 is 9.47 Å². The maximum atomic E-state index is 12.3. The van der Waals surface area contributed by atoms with Gasteiger partial charge in [0.2, 0.25) is 5.88 Å². The third-order valence-electron chi connectivity index (χ3n) is 5.25. The molecule has 3 rings (SSSR count). The molecule has 26 heavy (non-hydrogen) atoms. The van der Waals surface area contributed by atoms with Crippen molar-refractivity contribution in [1.29, 1.82) is 0 Å².